The molecule has 1 aromatic carbocycles. The highest BCUT2D eigenvalue weighted by Gasteiger charge is 2.32. The Hall–Kier alpha value is -2.39. The zero-order valence-corrected chi connectivity index (χ0v) is 18.4. The van der Waals surface area contributed by atoms with Gasteiger partial charge < -0.3 is 19.0 Å². The molecule has 1 heterocycles. The first-order chi connectivity index (χ1) is 15.0. The maximum Gasteiger partial charge on any atom is 0.416 e. The van der Waals surface area contributed by atoms with Gasteiger partial charge in [0.25, 0.3) is 0 Å². The molecular weight excluding hydrogens is 427 g/mol. The third-order valence-electron chi connectivity index (χ3n) is 5.71. The summed E-state index contributed by atoms with van der Waals surface area (Å²) >= 11 is 0. The highest BCUT2D eigenvalue weighted by Crippen LogP contribution is 2.33. The quantitative estimate of drug-likeness (QED) is 0.556. The number of aromatic nitrogens is 1. The second-order valence-corrected chi connectivity index (χ2v) is 8.69. The number of carboxylic acids is 1. The number of alkyl halides is 3. The fourth-order valence-electron chi connectivity index (χ4n) is 3.64. The molecule has 0 radical (unpaired) electrons. The van der Waals surface area contributed by atoms with Gasteiger partial charge >= 0.3 is 12.1 Å². The summed E-state index contributed by atoms with van der Waals surface area (Å²) in [4.78, 5) is 15.5. The van der Waals surface area contributed by atoms with Crippen LogP contribution in [0.4, 0.5) is 13.2 Å². The molecule has 1 fully saturated rings. The van der Waals surface area contributed by atoms with Crippen LogP contribution in [0.5, 0.6) is 0 Å². The molecule has 0 bridgehead atoms. The van der Waals surface area contributed by atoms with Gasteiger partial charge in [0.2, 0.25) is 5.89 Å². The molecule has 2 aromatic rings. The molecule has 1 saturated carbocycles. The van der Waals surface area contributed by atoms with Crippen molar-refractivity contribution in [1.82, 2.24) is 4.98 Å². The van der Waals surface area contributed by atoms with Gasteiger partial charge in [-0.15, -0.1) is 0 Å². The van der Waals surface area contributed by atoms with Gasteiger partial charge in [-0.2, -0.15) is 13.2 Å². The van der Waals surface area contributed by atoms with E-state index in [9.17, 15) is 23.1 Å². The Morgan fingerprint density at radius 1 is 1.28 bits per heavy atom. The zero-order valence-electron chi connectivity index (χ0n) is 18.4. The maximum atomic E-state index is 13.0. The number of hydrogen-bond acceptors (Lipinski definition) is 5. The van der Waals surface area contributed by atoms with Crippen LogP contribution in [0.25, 0.3) is 11.5 Å². The van der Waals surface area contributed by atoms with Crippen LogP contribution in [-0.4, -0.2) is 34.4 Å². The Balaban J connectivity index is 1.58. The number of carboxylic acid groups (broad SMARTS) is 1. The third-order valence-corrected chi connectivity index (χ3v) is 5.71. The first kappa shape index (κ1) is 24.3. The number of aliphatic carboxylic acids is 1. The molecule has 2 atom stereocenters. The number of oxazole rings is 1. The molecule has 0 spiro atoms. The normalized spacial score (nSPS) is 19.8. The molecule has 9 heteroatoms. The summed E-state index contributed by atoms with van der Waals surface area (Å²) in [6, 6.07) is 4.86. The summed E-state index contributed by atoms with van der Waals surface area (Å²) in [5.41, 5.74) is -1.19. The molecule has 0 unspecified atom stereocenters. The molecule has 1 aromatic heterocycles. The van der Waals surface area contributed by atoms with Crippen LogP contribution < -0.4 is 0 Å². The SMILES string of the molecule is Cc1oc(-c2cccc(C(F)(F)F)c2)nc1CO[C@@H]1CCC[C@H](COC(C)(C)C(=O)O)C1. The molecule has 1 aliphatic carbocycles. The predicted octanol–water partition coefficient (Wildman–Crippen LogP) is 5.62. The van der Waals surface area contributed by atoms with E-state index in [4.69, 9.17) is 13.9 Å². The van der Waals surface area contributed by atoms with Crippen molar-refractivity contribution in [3.05, 3.63) is 41.3 Å². The van der Waals surface area contributed by atoms with Crippen molar-refractivity contribution in [2.45, 2.75) is 70.9 Å². The first-order valence-electron chi connectivity index (χ1n) is 10.6. The van der Waals surface area contributed by atoms with E-state index in [0.29, 0.717) is 18.1 Å². The zero-order chi connectivity index (χ0) is 23.5. The largest absolute Gasteiger partial charge is 0.479 e. The van der Waals surface area contributed by atoms with E-state index in [-0.39, 0.29) is 30.1 Å². The minimum absolute atomic E-state index is 0.0293. The highest BCUT2D eigenvalue weighted by atomic mass is 19.4. The van der Waals surface area contributed by atoms with Crippen molar-refractivity contribution < 1.29 is 37.0 Å². The fourth-order valence-corrected chi connectivity index (χ4v) is 3.64. The van der Waals surface area contributed by atoms with Gasteiger partial charge in [0, 0.05) is 5.56 Å². The van der Waals surface area contributed by atoms with E-state index >= 15 is 0 Å². The fraction of sp³-hybridized carbons (Fsp3) is 0.565. The smallest absolute Gasteiger partial charge is 0.416 e. The number of hydrogen-bond donors (Lipinski definition) is 1. The van der Waals surface area contributed by atoms with Crippen LogP contribution in [0.15, 0.2) is 28.7 Å². The van der Waals surface area contributed by atoms with Gasteiger partial charge in [-0.1, -0.05) is 12.5 Å². The molecule has 176 valence electrons. The molecular formula is C23H28F3NO5. The number of nitrogens with zero attached hydrogens (tertiary/aromatic N) is 1. The average Bonchev–Trinajstić information content (AvgIpc) is 3.11. The third kappa shape index (κ3) is 6.10. The molecule has 1 N–H and O–H groups in total. The van der Waals surface area contributed by atoms with Crippen LogP contribution in [0.2, 0.25) is 0 Å². The van der Waals surface area contributed by atoms with Crippen molar-refractivity contribution >= 4 is 5.97 Å². The lowest BCUT2D eigenvalue weighted by atomic mass is 9.87. The van der Waals surface area contributed by atoms with Gasteiger partial charge in [-0.05, 0) is 64.2 Å². The van der Waals surface area contributed by atoms with Crippen molar-refractivity contribution in [2.24, 2.45) is 5.92 Å². The number of ether oxygens (including phenoxy) is 2. The van der Waals surface area contributed by atoms with Gasteiger partial charge in [0.1, 0.15) is 11.5 Å². The van der Waals surface area contributed by atoms with E-state index in [2.05, 4.69) is 4.98 Å². The summed E-state index contributed by atoms with van der Waals surface area (Å²) in [5.74, 6) is -0.181. The van der Waals surface area contributed by atoms with Crippen LogP contribution in [0.3, 0.4) is 0 Å². The second-order valence-electron chi connectivity index (χ2n) is 8.69. The van der Waals surface area contributed by atoms with E-state index in [1.165, 1.54) is 26.0 Å². The van der Waals surface area contributed by atoms with E-state index < -0.39 is 23.3 Å². The molecule has 32 heavy (non-hydrogen) atoms. The summed E-state index contributed by atoms with van der Waals surface area (Å²) in [6.45, 7) is 5.30. The lowest BCUT2D eigenvalue weighted by Gasteiger charge is -2.31. The molecule has 0 saturated heterocycles. The lowest BCUT2D eigenvalue weighted by molar-refractivity contribution is -0.163. The summed E-state index contributed by atoms with van der Waals surface area (Å²) in [6.07, 6.45) is -0.968. The van der Waals surface area contributed by atoms with Crippen LogP contribution >= 0.6 is 0 Å². The molecule has 3 rings (SSSR count). The van der Waals surface area contributed by atoms with Crippen LogP contribution in [-0.2, 0) is 27.1 Å². The lowest BCUT2D eigenvalue weighted by Crippen LogP contribution is -2.37. The minimum atomic E-state index is -4.44. The summed E-state index contributed by atoms with van der Waals surface area (Å²) in [5, 5.41) is 9.18. The number of carbonyl (C=O) groups is 1. The Labute approximate surface area is 184 Å². The van der Waals surface area contributed by atoms with Gasteiger partial charge in [-0.3, -0.25) is 0 Å². The van der Waals surface area contributed by atoms with E-state index in [1.54, 1.807) is 6.92 Å². The predicted molar refractivity (Wildman–Crippen MR) is 110 cm³/mol. The monoisotopic (exact) mass is 455 g/mol. The Kier molecular flexibility index (Phi) is 7.29. The van der Waals surface area contributed by atoms with Crippen LogP contribution in [0, 0.1) is 12.8 Å². The van der Waals surface area contributed by atoms with Crippen molar-refractivity contribution in [1.29, 1.82) is 0 Å². The number of aryl methyl sites for hydroxylation is 1. The molecule has 1 aliphatic rings. The van der Waals surface area contributed by atoms with Gasteiger partial charge in [0.05, 0.1) is 24.9 Å². The van der Waals surface area contributed by atoms with Crippen molar-refractivity contribution in [3.8, 4) is 11.5 Å². The topological polar surface area (TPSA) is 81.8 Å². The first-order valence-corrected chi connectivity index (χ1v) is 10.6. The van der Waals surface area contributed by atoms with E-state index in [0.717, 1.165) is 37.8 Å². The Morgan fingerprint density at radius 3 is 2.72 bits per heavy atom. The van der Waals surface area contributed by atoms with E-state index in [1.807, 2.05) is 0 Å². The van der Waals surface area contributed by atoms with Gasteiger partial charge in [0.15, 0.2) is 5.60 Å². The summed E-state index contributed by atoms with van der Waals surface area (Å²) in [7, 11) is 0. The molecule has 0 aliphatic heterocycles. The minimum Gasteiger partial charge on any atom is -0.479 e. The van der Waals surface area contributed by atoms with Crippen LogP contribution in [0.1, 0.15) is 56.5 Å². The average molecular weight is 455 g/mol. The standard InChI is InChI=1S/C23H28F3NO5/c1-14-19(27-20(32-14)16-7-5-8-17(11-16)23(24,25)26)13-30-18-9-4-6-15(10-18)12-31-22(2,3)21(28)29/h5,7-8,11,15,18H,4,6,9-10,12-13H2,1-3H3,(H,28,29)/t15-,18+/m0/s1. The number of benzene rings is 1. The Morgan fingerprint density at radius 2 is 2.03 bits per heavy atom. The number of halogens is 3. The maximum absolute atomic E-state index is 13.0. The molecule has 6 nitrogen and oxygen atoms in total. The van der Waals surface area contributed by atoms with Crippen molar-refractivity contribution in [3.63, 3.8) is 0 Å². The number of rotatable bonds is 8. The van der Waals surface area contributed by atoms with Gasteiger partial charge in [-0.25, -0.2) is 9.78 Å². The second kappa shape index (κ2) is 9.62. The van der Waals surface area contributed by atoms with Crippen molar-refractivity contribution in [2.75, 3.05) is 6.61 Å². The summed E-state index contributed by atoms with van der Waals surface area (Å²) < 4.78 is 56.1. The molecule has 0 amide bonds. The highest BCUT2D eigenvalue weighted by molar-refractivity contribution is 5.76. The Bertz CT molecular complexity index is 938.